The van der Waals surface area contributed by atoms with Crippen molar-refractivity contribution in [3.8, 4) is 0 Å². The summed E-state index contributed by atoms with van der Waals surface area (Å²) in [6, 6.07) is 19.5. The van der Waals surface area contributed by atoms with Crippen LogP contribution in [0.15, 0.2) is 76.7 Å². The summed E-state index contributed by atoms with van der Waals surface area (Å²) in [6.07, 6.45) is 9.25. The molecule has 8 nitrogen and oxygen atoms in total. The van der Waals surface area contributed by atoms with Crippen molar-refractivity contribution < 1.29 is 14.8 Å². The molecule has 0 spiro atoms. The summed E-state index contributed by atoms with van der Waals surface area (Å²) in [6.45, 7) is 0.568. The molecular formula is C28H29N5O3S. The number of nitrogens with zero attached hydrogens (tertiary/aromatic N) is 2. The van der Waals surface area contributed by atoms with Crippen LogP contribution in [0.5, 0.6) is 0 Å². The molecule has 9 heteroatoms. The van der Waals surface area contributed by atoms with E-state index in [0.29, 0.717) is 24.9 Å². The minimum absolute atomic E-state index is 0.104. The third kappa shape index (κ3) is 7.52. The van der Waals surface area contributed by atoms with Gasteiger partial charge in [-0.1, -0.05) is 42.8 Å². The van der Waals surface area contributed by atoms with E-state index in [1.165, 1.54) is 11.8 Å². The molecule has 0 bridgehead atoms. The number of unbranched alkanes of at least 4 members (excludes halogenated alkanes) is 3. The molecule has 0 saturated carbocycles. The fourth-order valence-electron chi connectivity index (χ4n) is 3.84. The Hall–Kier alpha value is -3.95. The zero-order valence-electron chi connectivity index (χ0n) is 20.3. The number of benzene rings is 2. The van der Waals surface area contributed by atoms with Crippen LogP contribution < -0.4 is 10.8 Å². The first-order chi connectivity index (χ1) is 18.1. The predicted molar refractivity (Wildman–Crippen MR) is 145 cm³/mol. The number of amides is 2. The molecule has 4 rings (SSSR count). The molecule has 0 aliphatic rings. The van der Waals surface area contributed by atoms with E-state index < -0.39 is 0 Å². The fourth-order valence-corrected chi connectivity index (χ4v) is 4.82. The second-order valence-corrected chi connectivity index (χ2v) is 9.57. The quantitative estimate of drug-likeness (QED) is 0.113. The Morgan fingerprint density at radius 3 is 2.65 bits per heavy atom. The maximum atomic E-state index is 12.8. The summed E-state index contributed by atoms with van der Waals surface area (Å²) < 4.78 is 0. The van der Waals surface area contributed by atoms with Crippen molar-refractivity contribution in [2.24, 2.45) is 0 Å². The van der Waals surface area contributed by atoms with Crippen LogP contribution in [0.4, 0.5) is 0 Å². The van der Waals surface area contributed by atoms with Gasteiger partial charge < -0.3 is 5.32 Å². The number of aromatic nitrogens is 3. The molecular weight excluding hydrogens is 486 g/mol. The highest BCUT2D eigenvalue weighted by molar-refractivity contribution is 7.99. The predicted octanol–water partition coefficient (Wildman–Crippen LogP) is 5.47. The highest BCUT2D eigenvalue weighted by atomic mass is 32.2. The lowest BCUT2D eigenvalue weighted by Crippen LogP contribution is -2.25. The zero-order chi connectivity index (χ0) is 25.9. The molecule has 2 heterocycles. The normalized spacial score (nSPS) is 11.2. The van der Waals surface area contributed by atoms with Gasteiger partial charge in [0.25, 0.3) is 5.91 Å². The van der Waals surface area contributed by atoms with Gasteiger partial charge in [0.1, 0.15) is 0 Å². The molecule has 4 N–H and O–H groups in total. The Balaban J connectivity index is 1.34. The Morgan fingerprint density at radius 1 is 0.973 bits per heavy atom. The first-order valence-electron chi connectivity index (χ1n) is 12.2. The van der Waals surface area contributed by atoms with Crippen molar-refractivity contribution in [2.75, 3.05) is 6.54 Å². The van der Waals surface area contributed by atoms with Crippen LogP contribution in [0.2, 0.25) is 0 Å². The van der Waals surface area contributed by atoms with Gasteiger partial charge in [0.2, 0.25) is 5.91 Å². The summed E-state index contributed by atoms with van der Waals surface area (Å²) in [4.78, 5) is 30.1. The number of aromatic amines is 1. The molecule has 0 fully saturated rings. The molecule has 0 radical (unpaired) electrons. The molecule has 0 saturated heterocycles. The number of fused-ring (bicyclic) bond motifs is 1. The lowest BCUT2D eigenvalue weighted by Gasteiger charge is -2.10. The van der Waals surface area contributed by atoms with E-state index in [1.807, 2.05) is 72.8 Å². The molecule has 2 aromatic heterocycles. The van der Waals surface area contributed by atoms with Crippen molar-refractivity contribution in [3.05, 3.63) is 83.8 Å². The molecule has 2 aromatic carbocycles. The number of carbonyl (C=O) groups excluding carboxylic acids is 2. The summed E-state index contributed by atoms with van der Waals surface area (Å²) >= 11 is 1.54. The number of pyridine rings is 1. The van der Waals surface area contributed by atoms with Crippen LogP contribution in [-0.2, 0) is 4.79 Å². The van der Waals surface area contributed by atoms with Gasteiger partial charge in [-0.25, -0.2) is 5.48 Å². The monoisotopic (exact) mass is 515 g/mol. The molecule has 0 aliphatic heterocycles. The van der Waals surface area contributed by atoms with Crippen molar-refractivity contribution >= 4 is 46.6 Å². The molecule has 0 atom stereocenters. The Morgan fingerprint density at radius 2 is 1.81 bits per heavy atom. The van der Waals surface area contributed by atoms with Gasteiger partial charge in [0.05, 0.1) is 22.5 Å². The van der Waals surface area contributed by atoms with Crippen molar-refractivity contribution in [3.63, 3.8) is 0 Å². The SMILES string of the molecule is O=C(CCCCCCNC(=O)c1ccccc1Sc1ccc2c(C=Cc3ccccn3)n[nH]c2c1)NO. The Bertz CT molecular complexity index is 1370. The van der Waals surface area contributed by atoms with E-state index in [9.17, 15) is 9.59 Å². The molecule has 2 amide bonds. The standard InChI is InChI=1S/C28H29N5O3S/c34-27(33-36)12-3-1-2-7-18-30-28(35)23-10-4-5-11-26(23)37-21-14-15-22-24(31-32-25(22)19-21)16-13-20-9-6-8-17-29-20/h4-6,8-11,13-17,19,36H,1-3,7,12,18H2,(H,30,35)(H,31,32)(H,33,34). The smallest absolute Gasteiger partial charge is 0.252 e. The maximum absolute atomic E-state index is 12.8. The third-order valence-electron chi connectivity index (χ3n) is 5.76. The summed E-state index contributed by atoms with van der Waals surface area (Å²) in [5.74, 6) is -0.473. The van der Waals surface area contributed by atoms with E-state index in [4.69, 9.17) is 5.21 Å². The van der Waals surface area contributed by atoms with Crippen LogP contribution >= 0.6 is 11.8 Å². The average Bonchev–Trinajstić information content (AvgIpc) is 3.34. The average molecular weight is 516 g/mol. The lowest BCUT2D eigenvalue weighted by molar-refractivity contribution is -0.129. The topological polar surface area (TPSA) is 120 Å². The maximum Gasteiger partial charge on any atom is 0.252 e. The number of nitrogens with one attached hydrogen (secondary N) is 3. The summed E-state index contributed by atoms with van der Waals surface area (Å²) in [5, 5.41) is 20.0. The highest BCUT2D eigenvalue weighted by Crippen LogP contribution is 2.33. The Labute approximate surface area is 219 Å². The fraction of sp³-hybridized carbons (Fsp3) is 0.214. The van der Waals surface area contributed by atoms with Crippen LogP contribution in [0, 0.1) is 0 Å². The largest absolute Gasteiger partial charge is 0.352 e. The van der Waals surface area contributed by atoms with Gasteiger partial charge in [-0.05, 0) is 67.5 Å². The summed E-state index contributed by atoms with van der Waals surface area (Å²) in [5.41, 5.74) is 4.90. The molecule has 190 valence electrons. The first-order valence-corrected chi connectivity index (χ1v) is 13.0. The number of rotatable bonds is 12. The van der Waals surface area contributed by atoms with Gasteiger partial charge >= 0.3 is 0 Å². The van der Waals surface area contributed by atoms with E-state index in [2.05, 4.69) is 20.5 Å². The van der Waals surface area contributed by atoms with Crippen LogP contribution in [-0.4, -0.2) is 38.7 Å². The third-order valence-corrected chi connectivity index (χ3v) is 6.83. The summed E-state index contributed by atoms with van der Waals surface area (Å²) in [7, 11) is 0. The molecule has 4 aromatic rings. The van der Waals surface area contributed by atoms with Gasteiger partial charge in [-0.2, -0.15) is 5.10 Å². The van der Waals surface area contributed by atoms with E-state index in [-0.39, 0.29) is 11.8 Å². The van der Waals surface area contributed by atoms with Crippen LogP contribution in [0.1, 0.15) is 53.8 Å². The zero-order valence-corrected chi connectivity index (χ0v) is 21.1. The second kappa shape index (κ2) is 13.4. The lowest BCUT2D eigenvalue weighted by atomic mass is 10.1. The van der Waals surface area contributed by atoms with E-state index >= 15 is 0 Å². The van der Waals surface area contributed by atoms with Gasteiger partial charge in [-0.15, -0.1) is 0 Å². The number of H-pyrrole nitrogens is 1. The highest BCUT2D eigenvalue weighted by Gasteiger charge is 2.13. The van der Waals surface area contributed by atoms with Gasteiger partial charge in [-0.3, -0.25) is 24.9 Å². The van der Waals surface area contributed by atoms with Crippen molar-refractivity contribution in [1.82, 2.24) is 26.0 Å². The molecule has 0 aliphatic carbocycles. The minimum atomic E-state index is -0.369. The number of hydrogen-bond acceptors (Lipinski definition) is 6. The van der Waals surface area contributed by atoms with E-state index in [1.54, 1.807) is 11.7 Å². The minimum Gasteiger partial charge on any atom is -0.352 e. The first kappa shape index (κ1) is 26.1. The van der Waals surface area contributed by atoms with Crippen LogP contribution in [0.25, 0.3) is 23.1 Å². The molecule has 37 heavy (non-hydrogen) atoms. The van der Waals surface area contributed by atoms with Gasteiger partial charge in [0.15, 0.2) is 0 Å². The second-order valence-electron chi connectivity index (χ2n) is 8.46. The van der Waals surface area contributed by atoms with Gasteiger partial charge in [0, 0.05) is 34.3 Å². The van der Waals surface area contributed by atoms with Crippen molar-refractivity contribution in [2.45, 2.75) is 41.9 Å². The number of hydrogen-bond donors (Lipinski definition) is 4. The molecule has 0 unspecified atom stereocenters. The van der Waals surface area contributed by atoms with Crippen molar-refractivity contribution in [1.29, 1.82) is 0 Å². The number of hydroxylamine groups is 1. The Kier molecular flexibility index (Phi) is 9.45. The van der Waals surface area contributed by atoms with Crippen LogP contribution in [0.3, 0.4) is 0 Å². The van der Waals surface area contributed by atoms with E-state index in [0.717, 1.165) is 51.3 Å². The number of carbonyl (C=O) groups is 2.